The molecule has 1 unspecified atom stereocenters. The number of piperidine rings is 1. The number of methoxy groups -OCH3 is 2. The van der Waals surface area contributed by atoms with Gasteiger partial charge < -0.3 is 20.1 Å². The van der Waals surface area contributed by atoms with Gasteiger partial charge >= 0.3 is 5.97 Å². The Labute approximate surface area is 126 Å². The van der Waals surface area contributed by atoms with E-state index in [1.54, 1.807) is 7.11 Å². The third kappa shape index (κ3) is 3.88. The lowest BCUT2D eigenvalue weighted by Gasteiger charge is -2.29. The van der Waals surface area contributed by atoms with E-state index in [1.165, 1.54) is 32.1 Å². The SMILES string of the molecule is COC(=O)C(N)Cc1ccc(N2CCCCC2)cc1OC. The number of rotatable bonds is 5. The van der Waals surface area contributed by atoms with Crippen molar-refractivity contribution < 1.29 is 14.3 Å². The lowest BCUT2D eigenvalue weighted by atomic mass is 10.0. The summed E-state index contributed by atoms with van der Waals surface area (Å²) in [6, 6.07) is 5.44. The summed E-state index contributed by atoms with van der Waals surface area (Å²) in [5.74, 6) is 0.370. The molecule has 116 valence electrons. The van der Waals surface area contributed by atoms with Crippen LogP contribution in [0.5, 0.6) is 5.75 Å². The second-order valence-electron chi connectivity index (χ2n) is 5.38. The fourth-order valence-electron chi connectivity index (χ4n) is 2.72. The Balaban J connectivity index is 2.14. The molecule has 0 saturated carbocycles. The Morgan fingerprint density at radius 1 is 1.29 bits per heavy atom. The van der Waals surface area contributed by atoms with Gasteiger partial charge in [0.1, 0.15) is 11.8 Å². The van der Waals surface area contributed by atoms with E-state index >= 15 is 0 Å². The van der Waals surface area contributed by atoms with Gasteiger partial charge in [-0.15, -0.1) is 0 Å². The molecule has 1 aliphatic heterocycles. The second kappa shape index (κ2) is 7.31. The Bertz CT molecular complexity index is 484. The number of anilines is 1. The standard InChI is InChI=1S/C16H24N2O3/c1-20-15-11-13(18-8-4-3-5-9-18)7-6-12(15)10-14(17)16(19)21-2/h6-7,11,14H,3-5,8-10,17H2,1-2H3. The van der Waals surface area contributed by atoms with E-state index in [2.05, 4.69) is 15.7 Å². The number of nitrogens with zero attached hydrogens (tertiary/aromatic N) is 1. The minimum absolute atomic E-state index is 0.405. The van der Waals surface area contributed by atoms with E-state index in [1.807, 2.05) is 12.1 Å². The summed E-state index contributed by atoms with van der Waals surface area (Å²) in [6.45, 7) is 2.17. The van der Waals surface area contributed by atoms with Crippen LogP contribution in [0.3, 0.4) is 0 Å². The molecule has 21 heavy (non-hydrogen) atoms. The van der Waals surface area contributed by atoms with Gasteiger partial charge in [-0.05, 0) is 30.9 Å². The summed E-state index contributed by atoms with van der Waals surface area (Å²) < 4.78 is 10.1. The van der Waals surface area contributed by atoms with Crippen molar-refractivity contribution in [2.24, 2.45) is 5.73 Å². The predicted molar refractivity (Wildman–Crippen MR) is 82.8 cm³/mol. The van der Waals surface area contributed by atoms with Crippen molar-refractivity contribution in [3.63, 3.8) is 0 Å². The summed E-state index contributed by atoms with van der Waals surface area (Å²) in [5.41, 5.74) is 7.92. The smallest absolute Gasteiger partial charge is 0.322 e. The molecule has 0 radical (unpaired) electrons. The number of esters is 1. The van der Waals surface area contributed by atoms with Crippen molar-refractivity contribution in [2.75, 3.05) is 32.2 Å². The van der Waals surface area contributed by atoms with Crippen LogP contribution >= 0.6 is 0 Å². The minimum atomic E-state index is -0.662. The van der Waals surface area contributed by atoms with Crippen LogP contribution in [-0.2, 0) is 16.0 Å². The zero-order valence-electron chi connectivity index (χ0n) is 12.8. The average Bonchev–Trinajstić information content (AvgIpc) is 2.55. The van der Waals surface area contributed by atoms with Crippen LogP contribution in [0.4, 0.5) is 5.69 Å². The molecule has 2 rings (SSSR count). The second-order valence-corrected chi connectivity index (χ2v) is 5.38. The number of nitrogens with two attached hydrogens (primary N) is 1. The van der Waals surface area contributed by atoms with Crippen LogP contribution in [0, 0.1) is 0 Å². The summed E-state index contributed by atoms with van der Waals surface area (Å²) in [5, 5.41) is 0. The Morgan fingerprint density at radius 3 is 2.62 bits per heavy atom. The van der Waals surface area contributed by atoms with Crippen molar-refractivity contribution in [1.29, 1.82) is 0 Å². The number of ether oxygens (including phenoxy) is 2. The maximum Gasteiger partial charge on any atom is 0.322 e. The first-order chi connectivity index (χ1) is 10.2. The van der Waals surface area contributed by atoms with Crippen LogP contribution in [0.15, 0.2) is 18.2 Å². The highest BCUT2D eigenvalue weighted by atomic mass is 16.5. The lowest BCUT2D eigenvalue weighted by Crippen LogP contribution is -2.33. The van der Waals surface area contributed by atoms with Crippen molar-refractivity contribution in [2.45, 2.75) is 31.7 Å². The molecule has 0 bridgehead atoms. The van der Waals surface area contributed by atoms with Crippen LogP contribution in [-0.4, -0.2) is 39.3 Å². The van der Waals surface area contributed by atoms with Crippen LogP contribution in [0.1, 0.15) is 24.8 Å². The highest BCUT2D eigenvalue weighted by Crippen LogP contribution is 2.28. The Morgan fingerprint density at radius 2 is 2.00 bits per heavy atom. The lowest BCUT2D eigenvalue weighted by molar-refractivity contribution is -0.142. The molecular weight excluding hydrogens is 268 g/mol. The van der Waals surface area contributed by atoms with Gasteiger partial charge in [0.15, 0.2) is 0 Å². The van der Waals surface area contributed by atoms with Gasteiger partial charge in [0.05, 0.1) is 14.2 Å². The largest absolute Gasteiger partial charge is 0.496 e. The number of carbonyl (C=O) groups is 1. The van der Waals surface area contributed by atoms with E-state index in [0.29, 0.717) is 6.42 Å². The van der Waals surface area contributed by atoms with Crippen molar-refractivity contribution in [3.8, 4) is 5.75 Å². The highest BCUT2D eigenvalue weighted by molar-refractivity contribution is 5.76. The summed E-state index contributed by atoms with van der Waals surface area (Å²) >= 11 is 0. The molecule has 1 saturated heterocycles. The van der Waals surface area contributed by atoms with E-state index < -0.39 is 12.0 Å². The summed E-state index contributed by atoms with van der Waals surface area (Å²) in [4.78, 5) is 13.8. The zero-order valence-corrected chi connectivity index (χ0v) is 12.8. The molecule has 1 heterocycles. The Kier molecular flexibility index (Phi) is 5.44. The van der Waals surface area contributed by atoms with E-state index in [4.69, 9.17) is 10.5 Å². The molecule has 1 aliphatic rings. The van der Waals surface area contributed by atoms with E-state index in [-0.39, 0.29) is 0 Å². The van der Waals surface area contributed by atoms with E-state index in [0.717, 1.165) is 24.4 Å². The maximum absolute atomic E-state index is 11.4. The Hall–Kier alpha value is -1.75. The molecule has 0 spiro atoms. The van der Waals surface area contributed by atoms with Gasteiger partial charge in [0, 0.05) is 31.3 Å². The van der Waals surface area contributed by atoms with Crippen LogP contribution in [0.25, 0.3) is 0 Å². The fourth-order valence-corrected chi connectivity index (χ4v) is 2.72. The normalized spacial score (nSPS) is 16.4. The monoisotopic (exact) mass is 292 g/mol. The molecule has 0 aromatic heterocycles. The number of hydrogen-bond donors (Lipinski definition) is 1. The van der Waals surface area contributed by atoms with Crippen LogP contribution < -0.4 is 15.4 Å². The summed E-state index contributed by atoms with van der Waals surface area (Å²) in [7, 11) is 2.99. The third-order valence-electron chi connectivity index (χ3n) is 3.94. The first-order valence-electron chi connectivity index (χ1n) is 7.41. The van der Waals surface area contributed by atoms with Gasteiger partial charge in [0.2, 0.25) is 0 Å². The first kappa shape index (κ1) is 15.6. The molecular formula is C16H24N2O3. The quantitative estimate of drug-likeness (QED) is 0.837. The van der Waals surface area contributed by atoms with Crippen molar-refractivity contribution in [1.82, 2.24) is 0 Å². The van der Waals surface area contributed by atoms with Gasteiger partial charge in [0.25, 0.3) is 0 Å². The van der Waals surface area contributed by atoms with Crippen molar-refractivity contribution >= 4 is 11.7 Å². The molecule has 1 atom stereocenters. The third-order valence-corrected chi connectivity index (χ3v) is 3.94. The van der Waals surface area contributed by atoms with Crippen molar-refractivity contribution in [3.05, 3.63) is 23.8 Å². The molecule has 1 aromatic rings. The topological polar surface area (TPSA) is 64.8 Å². The first-order valence-corrected chi connectivity index (χ1v) is 7.41. The predicted octanol–water partition coefficient (Wildman–Crippen LogP) is 1.73. The molecule has 5 nitrogen and oxygen atoms in total. The van der Waals surface area contributed by atoms with Gasteiger partial charge in [-0.25, -0.2) is 0 Å². The molecule has 2 N–H and O–H groups in total. The molecule has 1 fully saturated rings. The van der Waals surface area contributed by atoms with E-state index in [9.17, 15) is 4.79 Å². The van der Waals surface area contributed by atoms with Gasteiger partial charge in [-0.1, -0.05) is 6.07 Å². The van der Waals surface area contributed by atoms with Gasteiger partial charge in [-0.3, -0.25) is 4.79 Å². The minimum Gasteiger partial charge on any atom is -0.496 e. The number of carbonyl (C=O) groups excluding carboxylic acids is 1. The van der Waals surface area contributed by atoms with Gasteiger partial charge in [-0.2, -0.15) is 0 Å². The molecule has 0 amide bonds. The van der Waals surface area contributed by atoms with Crippen LogP contribution in [0.2, 0.25) is 0 Å². The number of benzene rings is 1. The molecule has 0 aliphatic carbocycles. The fraction of sp³-hybridized carbons (Fsp3) is 0.562. The highest BCUT2D eigenvalue weighted by Gasteiger charge is 2.18. The molecule has 5 heteroatoms. The average molecular weight is 292 g/mol. The molecule has 1 aromatic carbocycles. The summed E-state index contributed by atoms with van der Waals surface area (Å²) in [6.07, 6.45) is 4.18. The zero-order chi connectivity index (χ0) is 15.2. The number of hydrogen-bond acceptors (Lipinski definition) is 5. The maximum atomic E-state index is 11.4.